The zero-order chi connectivity index (χ0) is 29.7. The van der Waals surface area contributed by atoms with Gasteiger partial charge in [0.2, 0.25) is 11.8 Å². The first-order valence-electron chi connectivity index (χ1n) is 13.8. The molecule has 0 saturated carbocycles. The van der Waals surface area contributed by atoms with Crippen molar-refractivity contribution in [1.29, 1.82) is 0 Å². The van der Waals surface area contributed by atoms with Gasteiger partial charge in [0.25, 0.3) is 0 Å². The number of benzene rings is 3. The molecule has 0 spiro atoms. The molecule has 1 aliphatic heterocycles. The summed E-state index contributed by atoms with van der Waals surface area (Å²) in [6.45, 7) is 7.06. The maximum absolute atomic E-state index is 13.0. The third-order valence-corrected chi connectivity index (χ3v) is 7.50. The standard InChI is InChI=1S/C32H37N3O6/c1-4-41-32(40)28-10-7-22(16-29(28)37)20(3)34-30(38)17-25-6-5-11-35(25)18-21-13-24(15-26(36)14-21)27-9-8-23(31(33)39)12-19(27)2/h7-10,12-16,20,25,36-37H,4-6,11,17-18H2,1-3H3,(H2,33,39)(H,34,38)/t20-,25+/m0/s1. The lowest BCUT2D eigenvalue weighted by Gasteiger charge is -2.25. The van der Waals surface area contributed by atoms with Crippen LogP contribution in [0.3, 0.4) is 0 Å². The second kappa shape index (κ2) is 12.9. The highest BCUT2D eigenvalue weighted by molar-refractivity contribution is 5.94. The number of aromatic hydroxyl groups is 2. The number of amides is 2. The SMILES string of the molecule is CCOC(=O)c1ccc([C@H](C)NC(=O)C[C@H]2CCCN2Cc2cc(O)cc(-c3ccc(C(N)=O)cc3C)c2)cc1O. The lowest BCUT2D eigenvalue weighted by atomic mass is 9.96. The zero-order valence-corrected chi connectivity index (χ0v) is 23.6. The fourth-order valence-corrected chi connectivity index (χ4v) is 5.43. The van der Waals surface area contributed by atoms with Crippen molar-refractivity contribution in [2.75, 3.05) is 13.2 Å². The van der Waals surface area contributed by atoms with Gasteiger partial charge >= 0.3 is 5.97 Å². The lowest BCUT2D eigenvalue weighted by molar-refractivity contribution is -0.122. The molecule has 0 bridgehead atoms. The summed E-state index contributed by atoms with van der Waals surface area (Å²) in [7, 11) is 0. The van der Waals surface area contributed by atoms with Crippen LogP contribution >= 0.6 is 0 Å². The van der Waals surface area contributed by atoms with Gasteiger partial charge < -0.3 is 26.0 Å². The van der Waals surface area contributed by atoms with Gasteiger partial charge in [-0.1, -0.05) is 12.1 Å². The maximum atomic E-state index is 13.0. The molecule has 4 rings (SSSR count). The minimum atomic E-state index is -0.593. The molecule has 1 fully saturated rings. The number of nitrogens with two attached hydrogens (primary N) is 1. The van der Waals surface area contributed by atoms with Crippen molar-refractivity contribution in [2.24, 2.45) is 5.73 Å². The minimum Gasteiger partial charge on any atom is -0.508 e. The molecule has 3 aromatic carbocycles. The molecule has 2 amide bonds. The van der Waals surface area contributed by atoms with Crippen LogP contribution in [0, 0.1) is 6.92 Å². The van der Waals surface area contributed by atoms with Gasteiger partial charge in [-0.2, -0.15) is 0 Å². The number of nitrogens with one attached hydrogen (secondary N) is 1. The van der Waals surface area contributed by atoms with Crippen LogP contribution in [-0.2, 0) is 16.1 Å². The van der Waals surface area contributed by atoms with E-state index < -0.39 is 11.9 Å². The summed E-state index contributed by atoms with van der Waals surface area (Å²) in [4.78, 5) is 38.7. The van der Waals surface area contributed by atoms with Gasteiger partial charge in [0.05, 0.1) is 12.6 Å². The number of hydrogen-bond acceptors (Lipinski definition) is 7. The molecule has 1 saturated heterocycles. The van der Waals surface area contributed by atoms with E-state index in [2.05, 4.69) is 10.2 Å². The second-order valence-electron chi connectivity index (χ2n) is 10.5. The molecule has 1 heterocycles. The molecule has 0 unspecified atom stereocenters. The summed E-state index contributed by atoms with van der Waals surface area (Å²) in [6.07, 6.45) is 2.17. The summed E-state index contributed by atoms with van der Waals surface area (Å²) in [6, 6.07) is 15.1. The van der Waals surface area contributed by atoms with Crippen LogP contribution in [0.25, 0.3) is 11.1 Å². The fourth-order valence-electron chi connectivity index (χ4n) is 5.43. The number of carbonyl (C=O) groups excluding carboxylic acids is 3. The van der Waals surface area contributed by atoms with Crippen molar-refractivity contribution in [2.45, 2.75) is 58.7 Å². The zero-order valence-electron chi connectivity index (χ0n) is 23.6. The quantitative estimate of drug-likeness (QED) is 0.266. The van der Waals surface area contributed by atoms with Crippen LogP contribution in [0.2, 0.25) is 0 Å². The predicted octanol–water partition coefficient (Wildman–Crippen LogP) is 4.58. The Morgan fingerprint density at radius 2 is 1.88 bits per heavy atom. The third-order valence-electron chi connectivity index (χ3n) is 7.50. The summed E-state index contributed by atoms with van der Waals surface area (Å²) in [5, 5.41) is 23.8. The number of aryl methyl sites for hydroxylation is 1. The number of nitrogens with zero attached hydrogens (tertiary/aromatic N) is 1. The molecule has 3 aromatic rings. The fraction of sp³-hybridized carbons (Fsp3) is 0.344. The number of rotatable bonds is 10. The van der Waals surface area contributed by atoms with E-state index >= 15 is 0 Å². The van der Waals surface area contributed by atoms with E-state index in [1.165, 1.54) is 12.1 Å². The van der Waals surface area contributed by atoms with E-state index in [0.29, 0.717) is 24.1 Å². The average molecular weight is 560 g/mol. The molecule has 9 heteroatoms. The Kier molecular flexibility index (Phi) is 9.29. The molecule has 5 N–H and O–H groups in total. The largest absolute Gasteiger partial charge is 0.508 e. The lowest BCUT2D eigenvalue weighted by Crippen LogP contribution is -2.36. The highest BCUT2D eigenvalue weighted by atomic mass is 16.5. The smallest absolute Gasteiger partial charge is 0.341 e. The maximum Gasteiger partial charge on any atom is 0.341 e. The molecule has 0 aromatic heterocycles. The van der Waals surface area contributed by atoms with E-state index in [1.54, 1.807) is 37.3 Å². The number of phenols is 2. The van der Waals surface area contributed by atoms with Gasteiger partial charge in [0.15, 0.2) is 0 Å². The molecule has 0 aliphatic carbocycles. The van der Waals surface area contributed by atoms with Crippen molar-refractivity contribution < 1.29 is 29.3 Å². The van der Waals surface area contributed by atoms with Crippen LogP contribution in [-0.4, -0.2) is 52.1 Å². The summed E-state index contributed by atoms with van der Waals surface area (Å²) >= 11 is 0. The van der Waals surface area contributed by atoms with E-state index in [4.69, 9.17) is 10.5 Å². The Bertz CT molecular complexity index is 1450. The number of esters is 1. The highest BCUT2D eigenvalue weighted by Crippen LogP contribution is 2.31. The summed E-state index contributed by atoms with van der Waals surface area (Å²) < 4.78 is 4.95. The number of carbonyl (C=O) groups is 3. The molecule has 2 atom stereocenters. The van der Waals surface area contributed by atoms with E-state index in [9.17, 15) is 24.6 Å². The molecule has 0 radical (unpaired) electrons. The van der Waals surface area contributed by atoms with E-state index in [-0.39, 0.29) is 41.7 Å². The molecule has 1 aliphatic rings. The van der Waals surface area contributed by atoms with Crippen LogP contribution in [0.4, 0.5) is 0 Å². The Labute approximate surface area is 239 Å². The van der Waals surface area contributed by atoms with Gasteiger partial charge in [-0.25, -0.2) is 4.79 Å². The Balaban J connectivity index is 1.40. The van der Waals surface area contributed by atoms with E-state index in [0.717, 1.165) is 41.6 Å². The third kappa shape index (κ3) is 7.24. The van der Waals surface area contributed by atoms with Crippen LogP contribution in [0.15, 0.2) is 54.6 Å². The Morgan fingerprint density at radius 3 is 2.56 bits per heavy atom. The highest BCUT2D eigenvalue weighted by Gasteiger charge is 2.27. The van der Waals surface area contributed by atoms with Gasteiger partial charge in [0.1, 0.15) is 17.1 Å². The van der Waals surface area contributed by atoms with Gasteiger partial charge in [-0.05, 0) is 110 Å². The number of hydrogen-bond donors (Lipinski definition) is 4. The first-order chi connectivity index (χ1) is 19.5. The van der Waals surface area contributed by atoms with Gasteiger partial charge in [0, 0.05) is 24.6 Å². The van der Waals surface area contributed by atoms with E-state index in [1.807, 2.05) is 26.0 Å². The normalized spacial score (nSPS) is 15.8. The summed E-state index contributed by atoms with van der Waals surface area (Å²) in [5.41, 5.74) is 10.2. The Hall–Kier alpha value is -4.37. The second-order valence-corrected chi connectivity index (χ2v) is 10.5. The van der Waals surface area contributed by atoms with Crippen molar-refractivity contribution in [3.63, 3.8) is 0 Å². The first-order valence-corrected chi connectivity index (χ1v) is 13.8. The predicted molar refractivity (Wildman–Crippen MR) is 155 cm³/mol. The van der Waals surface area contributed by atoms with Crippen LogP contribution in [0.5, 0.6) is 11.5 Å². The van der Waals surface area contributed by atoms with Gasteiger partial charge in [-0.15, -0.1) is 0 Å². The average Bonchev–Trinajstić information content (AvgIpc) is 3.33. The molecular formula is C32H37N3O6. The molecule has 9 nitrogen and oxygen atoms in total. The molecular weight excluding hydrogens is 522 g/mol. The van der Waals surface area contributed by atoms with Crippen LogP contribution < -0.4 is 11.1 Å². The summed E-state index contributed by atoms with van der Waals surface area (Å²) in [5.74, 6) is -1.22. The monoisotopic (exact) mass is 559 g/mol. The number of phenolic OH excluding ortho intramolecular Hbond substituents is 2. The molecule has 41 heavy (non-hydrogen) atoms. The number of likely N-dealkylation sites (tertiary alicyclic amines) is 1. The minimum absolute atomic E-state index is 0.0455. The number of ether oxygens (including phenoxy) is 1. The van der Waals surface area contributed by atoms with Gasteiger partial charge in [-0.3, -0.25) is 14.5 Å². The van der Waals surface area contributed by atoms with Crippen molar-refractivity contribution in [3.05, 3.63) is 82.4 Å². The van der Waals surface area contributed by atoms with Crippen molar-refractivity contribution >= 4 is 17.8 Å². The van der Waals surface area contributed by atoms with Crippen LogP contribution in [0.1, 0.15) is 76.6 Å². The Morgan fingerprint density at radius 1 is 1.10 bits per heavy atom. The van der Waals surface area contributed by atoms with Crippen molar-refractivity contribution in [3.8, 4) is 22.6 Å². The molecule has 216 valence electrons. The number of primary amides is 1. The van der Waals surface area contributed by atoms with Crippen molar-refractivity contribution in [1.82, 2.24) is 10.2 Å². The first kappa shape index (κ1) is 29.6. The topological polar surface area (TPSA) is 142 Å².